The van der Waals surface area contributed by atoms with Gasteiger partial charge in [-0.25, -0.2) is 9.00 Å². The Morgan fingerprint density at radius 2 is 1.66 bits per heavy atom. The summed E-state index contributed by atoms with van der Waals surface area (Å²) in [6, 6.07) is 19.0. The van der Waals surface area contributed by atoms with Crippen LogP contribution in [-0.4, -0.2) is 46.8 Å². The Balaban J connectivity index is 1.56. The van der Waals surface area contributed by atoms with Crippen LogP contribution in [-0.2, 0) is 52.5 Å². The Hall–Kier alpha value is -2.98. The quantitative estimate of drug-likeness (QED) is 0.524. The van der Waals surface area contributed by atoms with Crippen molar-refractivity contribution in [3.05, 3.63) is 93.3 Å². The van der Waals surface area contributed by atoms with Gasteiger partial charge in [0, 0.05) is 0 Å². The van der Waals surface area contributed by atoms with Gasteiger partial charge in [0.2, 0.25) is 0 Å². The summed E-state index contributed by atoms with van der Waals surface area (Å²) in [5.41, 5.74) is 1.84. The van der Waals surface area contributed by atoms with Crippen molar-refractivity contribution in [2.75, 3.05) is 13.2 Å². The molecule has 8 nitrogen and oxygen atoms in total. The molecule has 1 N–H and O–H groups in total. The SMILES string of the molecule is CCOC(=O)C1=C(C)OC2=C(C(OCc3ccccc3)C(O)C(COCc3ccccc3)O2)S1=O. The van der Waals surface area contributed by atoms with Gasteiger partial charge in [0.05, 0.1) is 26.4 Å². The standard InChI is InChI=1S/C26H28O8S/c1-3-31-25(28)23-17(2)33-26-24(35(23)29)22(32-15-19-12-8-5-9-13-19)21(27)20(34-26)16-30-14-18-10-6-4-7-11-18/h4-13,20-22,27H,3,14-16H2,1-2H3. The minimum Gasteiger partial charge on any atom is -0.462 e. The van der Waals surface area contributed by atoms with Gasteiger partial charge < -0.3 is 28.8 Å². The zero-order chi connectivity index (χ0) is 24.8. The van der Waals surface area contributed by atoms with Gasteiger partial charge in [-0.1, -0.05) is 60.7 Å². The summed E-state index contributed by atoms with van der Waals surface area (Å²) in [5, 5.41) is 11.2. The van der Waals surface area contributed by atoms with Crippen molar-refractivity contribution in [1.82, 2.24) is 0 Å². The number of aliphatic hydroxyl groups is 1. The Kier molecular flexibility index (Phi) is 8.35. The fourth-order valence-electron chi connectivity index (χ4n) is 3.76. The fourth-order valence-corrected chi connectivity index (χ4v) is 5.16. The number of hydrogen-bond donors (Lipinski definition) is 1. The molecule has 2 aromatic rings. The number of hydrogen-bond acceptors (Lipinski definition) is 8. The molecule has 4 unspecified atom stereocenters. The molecule has 0 aliphatic carbocycles. The summed E-state index contributed by atoms with van der Waals surface area (Å²) in [6.07, 6.45) is -3.11. The number of esters is 1. The minimum absolute atomic E-state index is 0.0432. The molecule has 0 amide bonds. The first-order chi connectivity index (χ1) is 17.0. The van der Waals surface area contributed by atoms with Crippen LogP contribution >= 0.6 is 0 Å². The summed E-state index contributed by atoms with van der Waals surface area (Å²) < 4.78 is 42.0. The van der Waals surface area contributed by atoms with E-state index in [9.17, 15) is 14.1 Å². The molecule has 0 aromatic heterocycles. The Bertz CT molecular complexity index is 1110. The highest BCUT2D eigenvalue weighted by molar-refractivity contribution is 7.94. The van der Waals surface area contributed by atoms with E-state index in [1.807, 2.05) is 60.7 Å². The van der Waals surface area contributed by atoms with Gasteiger partial charge in [-0.15, -0.1) is 0 Å². The van der Waals surface area contributed by atoms with Crippen LogP contribution in [0.25, 0.3) is 0 Å². The van der Waals surface area contributed by atoms with E-state index in [0.717, 1.165) is 11.1 Å². The second kappa shape index (κ2) is 11.6. The number of carbonyl (C=O) groups is 1. The molecular formula is C26H28O8S. The Morgan fingerprint density at radius 1 is 1.03 bits per heavy atom. The van der Waals surface area contributed by atoms with Crippen LogP contribution in [0.15, 0.2) is 82.2 Å². The van der Waals surface area contributed by atoms with Crippen LogP contribution in [0.2, 0.25) is 0 Å². The predicted octanol–water partition coefficient (Wildman–Crippen LogP) is 3.29. The molecule has 0 fully saturated rings. The van der Waals surface area contributed by atoms with Crippen molar-refractivity contribution < 1.29 is 37.8 Å². The molecule has 2 aliphatic heterocycles. The highest BCUT2D eigenvalue weighted by atomic mass is 32.2. The summed E-state index contributed by atoms with van der Waals surface area (Å²) in [6.45, 7) is 3.81. The van der Waals surface area contributed by atoms with Crippen molar-refractivity contribution >= 4 is 16.8 Å². The van der Waals surface area contributed by atoms with E-state index < -0.39 is 35.1 Å². The van der Waals surface area contributed by atoms with Gasteiger partial charge in [-0.3, -0.25) is 0 Å². The molecule has 9 heteroatoms. The lowest BCUT2D eigenvalue weighted by atomic mass is 10.1. The monoisotopic (exact) mass is 500 g/mol. The van der Waals surface area contributed by atoms with Crippen LogP contribution in [0, 0.1) is 0 Å². The Morgan fingerprint density at radius 3 is 2.29 bits per heavy atom. The highest BCUT2D eigenvalue weighted by Gasteiger charge is 2.48. The number of benzene rings is 2. The number of carbonyl (C=O) groups excluding carboxylic acids is 1. The maximum Gasteiger partial charge on any atom is 0.351 e. The van der Waals surface area contributed by atoms with Crippen molar-refractivity contribution in [2.45, 2.75) is 45.4 Å². The van der Waals surface area contributed by atoms with Crippen molar-refractivity contribution in [2.24, 2.45) is 0 Å². The van der Waals surface area contributed by atoms with E-state index in [1.54, 1.807) is 6.92 Å². The fraction of sp³-hybridized carbons (Fsp3) is 0.346. The van der Waals surface area contributed by atoms with Crippen LogP contribution in [0.4, 0.5) is 0 Å². The zero-order valence-electron chi connectivity index (χ0n) is 19.5. The van der Waals surface area contributed by atoms with Crippen molar-refractivity contribution in [1.29, 1.82) is 0 Å². The molecule has 2 aromatic carbocycles. The topological polar surface area (TPSA) is 101 Å². The number of ether oxygens (including phenoxy) is 5. The summed E-state index contributed by atoms with van der Waals surface area (Å²) >= 11 is 0. The van der Waals surface area contributed by atoms with Crippen LogP contribution in [0.1, 0.15) is 25.0 Å². The van der Waals surface area contributed by atoms with E-state index in [2.05, 4.69) is 0 Å². The largest absolute Gasteiger partial charge is 0.462 e. The van der Waals surface area contributed by atoms with Crippen molar-refractivity contribution in [3.63, 3.8) is 0 Å². The third-order valence-electron chi connectivity index (χ3n) is 5.49. The van der Waals surface area contributed by atoms with Gasteiger partial charge in [0.25, 0.3) is 0 Å². The smallest absolute Gasteiger partial charge is 0.351 e. The van der Waals surface area contributed by atoms with E-state index in [-0.39, 0.29) is 41.3 Å². The molecule has 0 bridgehead atoms. The molecule has 0 saturated heterocycles. The summed E-state index contributed by atoms with van der Waals surface area (Å²) in [7, 11) is -2.01. The molecule has 0 spiro atoms. The summed E-state index contributed by atoms with van der Waals surface area (Å²) in [5.74, 6) is -0.687. The van der Waals surface area contributed by atoms with Gasteiger partial charge in [-0.2, -0.15) is 0 Å². The average molecular weight is 501 g/mol. The second-order valence-electron chi connectivity index (χ2n) is 7.99. The molecular weight excluding hydrogens is 472 g/mol. The van der Waals surface area contributed by atoms with Gasteiger partial charge in [0.15, 0.2) is 11.0 Å². The Labute approximate surface area is 206 Å². The van der Waals surface area contributed by atoms with Crippen LogP contribution in [0.5, 0.6) is 0 Å². The first-order valence-corrected chi connectivity index (χ1v) is 12.5. The number of aliphatic hydroxyl groups excluding tert-OH is 1. The lowest BCUT2D eigenvalue weighted by Gasteiger charge is -2.38. The summed E-state index contributed by atoms with van der Waals surface area (Å²) in [4.78, 5) is 12.4. The lowest BCUT2D eigenvalue weighted by molar-refractivity contribution is -0.150. The van der Waals surface area contributed by atoms with Gasteiger partial charge >= 0.3 is 11.9 Å². The third kappa shape index (κ3) is 5.82. The van der Waals surface area contributed by atoms with Crippen molar-refractivity contribution in [3.8, 4) is 0 Å². The van der Waals surface area contributed by atoms with Gasteiger partial charge in [0.1, 0.15) is 33.7 Å². The molecule has 2 aliphatic rings. The molecule has 186 valence electrons. The maximum absolute atomic E-state index is 13.5. The first kappa shape index (κ1) is 25.1. The van der Waals surface area contributed by atoms with E-state index in [4.69, 9.17) is 23.7 Å². The molecule has 0 radical (unpaired) electrons. The molecule has 4 rings (SSSR count). The molecule has 0 saturated carbocycles. The molecule has 35 heavy (non-hydrogen) atoms. The lowest BCUT2D eigenvalue weighted by Crippen LogP contribution is -2.50. The number of rotatable bonds is 9. The first-order valence-electron chi connectivity index (χ1n) is 11.3. The van der Waals surface area contributed by atoms with E-state index >= 15 is 0 Å². The highest BCUT2D eigenvalue weighted by Crippen LogP contribution is 2.38. The van der Waals surface area contributed by atoms with Crippen LogP contribution in [0.3, 0.4) is 0 Å². The van der Waals surface area contributed by atoms with E-state index in [0.29, 0.717) is 6.61 Å². The maximum atomic E-state index is 13.5. The van der Waals surface area contributed by atoms with E-state index in [1.165, 1.54) is 6.92 Å². The average Bonchev–Trinajstić information content (AvgIpc) is 2.85. The molecule has 2 heterocycles. The van der Waals surface area contributed by atoms with Gasteiger partial charge in [-0.05, 0) is 25.0 Å². The predicted molar refractivity (Wildman–Crippen MR) is 128 cm³/mol. The number of allylic oxidation sites excluding steroid dienone is 1. The third-order valence-corrected chi connectivity index (χ3v) is 7.11. The minimum atomic E-state index is -2.01. The normalized spacial score (nSPS) is 23.9. The van der Waals surface area contributed by atoms with Crippen LogP contribution < -0.4 is 0 Å². The second-order valence-corrected chi connectivity index (χ2v) is 9.38. The molecule has 4 atom stereocenters. The zero-order valence-corrected chi connectivity index (χ0v) is 20.4.